The van der Waals surface area contributed by atoms with Crippen LogP contribution in [0.1, 0.15) is 5.56 Å². The van der Waals surface area contributed by atoms with E-state index in [9.17, 15) is 8.42 Å². The van der Waals surface area contributed by atoms with E-state index in [1.165, 1.54) is 18.2 Å². The smallest absolute Gasteiger partial charge is 0.242 e. The summed E-state index contributed by atoms with van der Waals surface area (Å²) in [5, 5.41) is 8.74. The lowest BCUT2D eigenvalue weighted by Gasteiger charge is -2.07. The van der Waals surface area contributed by atoms with Gasteiger partial charge in [0.05, 0.1) is 16.7 Å². The summed E-state index contributed by atoms with van der Waals surface area (Å²) >= 11 is 5.76. The molecule has 0 atom stereocenters. The van der Waals surface area contributed by atoms with Crippen LogP contribution in [0.4, 0.5) is 0 Å². The second kappa shape index (κ2) is 5.27. The molecule has 0 saturated heterocycles. The molecule has 1 aromatic carbocycles. The minimum atomic E-state index is -3.70. The SMILES string of the molecule is N#Cc1ccc(Cl)c(S(=O)(=O)NCCN)c1. The molecule has 0 fully saturated rings. The van der Waals surface area contributed by atoms with Gasteiger partial charge in [0.25, 0.3) is 0 Å². The number of nitrogens with one attached hydrogen (secondary N) is 1. The van der Waals surface area contributed by atoms with E-state index in [2.05, 4.69) is 4.72 Å². The highest BCUT2D eigenvalue weighted by molar-refractivity contribution is 7.89. The summed E-state index contributed by atoms with van der Waals surface area (Å²) in [6.45, 7) is 0.310. The van der Waals surface area contributed by atoms with Crippen molar-refractivity contribution in [3.63, 3.8) is 0 Å². The highest BCUT2D eigenvalue weighted by Gasteiger charge is 2.17. The van der Waals surface area contributed by atoms with Crippen molar-refractivity contribution in [2.75, 3.05) is 13.1 Å². The summed E-state index contributed by atoms with van der Waals surface area (Å²) in [6.07, 6.45) is 0. The van der Waals surface area contributed by atoms with E-state index in [-0.39, 0.29) is 28.6 Å². The van der Waals surface area contributed by atoms with Gasteiger partial charge in [0.1, 0.15) is 4.90 Å². The van der Waals surface area contributed by atoms with Crippen LogP contribution >= 0.6 is 11.6 Å². The van der Waals surface area contributed by atoms with Crippen LogP contribution in [0, 0.1) is 11.3 Å². The van der Waals surface area contributed by atoms with E-state index in [1.54, 1.807) is 0 Å². The van der Waals surface area contributed by atoms with Gasteiger partial charge in [-0.25, -0.2) is 13.1 Å². The Balaban J connectivity index is 3.17. The summed E-state index contributed by atoms with van der Waals surface area (Å²) in [4.78, 5) is -0.110. The fourth-order valence-electron chi connectivity index (χ4n) is 1.05. The molecule has 5 nitrogen and oxygen atoms in total. The molecule has 1 aromatic rings. The molecule has 0 amide bonds. The fraction of sp³-hybridized carbons (Fsp3) is 0.222. The third-order valence-electron chi connectivity index (χ3n) is 1.79. The van der Waals surface area contributed by atoms with E-state index < -0.39 is 10.0 Å². The quantitative estimate of drug-likeness (QED) is 0.820. The van der Waals surface area contributed by atoms with Crippen molar-refractivity contribution in [1.82, 2.24) is 4.72 Å². The number of nitrogens with zero attached hydrogens (tertiary/aromatic N) is 1. The Bertz CT molecular complexity index is 522. The molecule has 0 saturated carbocycles. The van der Waals surface area contributed by atoms with Crippen LogP contribution < -0.4 is 10.5 Å². The number of nitriles is 1. The van der Waals surface area contributed by atoms with Crippen LogP contribution in [-0.4, -0.2) is 21.5 Å². The highest BCUT2D eigenvalue weighted by atomic mass is 35.5. The maximum Gasteiger partial charge on any atom is 0.242 e. The Morgan fingerprint density at radius 1 is 1.50 bits per heavy atom. The van der Waals surface area contributed by atoms with Gasteiger partial charge in [-0.05, 0) is 18.2 Å². The van der Waals surface area contributed by atoms with Crippen LogP contribution in [0.5, 0.6) is 0 Å². The van der Waals surface area contributed by atoms with Crippen molar-refractivity contribution in [1.29, 1.82) is 5.26 Å². The first-order valence-corrected chi connectivity index (χ1v) is 6.27. The van der Waals surface area contributed by atoms with Gasteiger partial charge in [0.15, 0.2) is 0 Å². The van der Waals surface area contributed by atoms with Crippen molar-refractivity contribution < 1.29 is 8.42 Å². The van der Waals surface area contributed by atoms with Gasteiger partial charge in [0.2, 0.25) is 10.0 Å². The Morgan fingerprint density at radius 3 is 2.75 bits per heavy atom. The van der Waals surface area contributed by atoms with Crippen molar-refractivity contribution in [2.45, 2.75) is 4.90 Å². The molecule has 0 aliphatic heterocycles. The number of halogens is 1. The molecule has 0 unspecified atom stereocenters. The van der Waals surface area contributed by atoms with Gasteiger partial charge in [-0.3, -0.25) is 0 Å². The molecule has 0 heterocycles. The van der Waals surface area contributed by atoms with Gasteiger partial charge in [-0.15, -0.1) is 0 Å². The highest BCUT2D eigenvalue weighted by Crippen LogP contribution is 2.22. The lowest BCUT2D eigenvalue weighted by molar-refractivity contribution is 0.582. The van der Waals surface area contributed by atoms with Crippen LogP contribution in [0.15, 0.2) is 23.1 Å². The largest absolute Gasteiger partial charge is 0.329 e. The minimum absolute atomic E-state index is 0.0727. The average molecular weight is 260 g/mol. The molecule has 86 valence electrons. The number of nitrogens with two attached hydrogens (primary N) is 1. The Labute approximate surface area is 98.9 Å². The number of hydrogen-bond donors (Lipinski definition) is 2. The minimum Gasteiger partial charge on any atom is -0.329 e. The fourth-order valence-corrected chi connectivity index (χ4v) is 2.62. The van der Waals surface area contributed by atoms with Gasteiger partial charge in [-0.2, -0.15) is 5.26 Å². The average Bonchev–Trinajstić information content (AvgIpc) is 2.27. The number of hydrogen-bond acceptors (Lipinski definition) is 4. The third-order valence-corrected chi connectivity index (χ3v) is 3.73. The zero-order valence-electron chi connectivity index (χ0n) is 8.27. The molecule has 0 bridgehead atoms. The molecule has 0 spiro atoms. The molecule has 1 rings (SSSR count). The lowest BCUT2D eigenvalue weighted by atomic mass is 10.2. The van der Waals surface area contributed by atoms with Crippen molar-refractivity contribution in [3.05, 3.63) is 28.8 Å². The topological polar surface area (TPSA) is 96.0 Å². The number of sulfonamides is 1. The molecule has 3 N–H and O–H groups in total. The van der Waals surface area contributed by atoms with Crippen LogP contribution in [0.2, 0.25) is 5.02 Å². The standard InChI is InChI=1S/C9H10ClN3O2S/c10-8-2-1-7(6-12)5-9(8)16(14,15)13-4-3-11/h1-2,5,13H,3-4,11H2. The number of benzene rings is 1. The Hall–Kier alpha value is -1.13. The van der Waals surface area contributed by atoms with E-state index in [0.29, 0.717) is 0 Å². The van der Waals surface area contributed by atoms with Crippen LogP contribution in [0.3, 0.4) is 0 Å². The number of rotatable bonds is 4. The van der Waals surface area contributed by atoms with Crippen LogP contribution in [0.25, 0.3) is 0 Å². The summed E-state index contributed by atoms with van der Waals surface area (Å²) in [5.74, 6) is 0. The van der Waals surface area contributed by atoms with Crippen LogP contribution in [-0.2, 0) is 10.0 Å². The van der Waals surface area contributed by atoms with Gasteiger partial charge >= 0.3 is 0 Å². The maximum atomic E-state index is 11.7. The van der Waals surface area contributed by atoms with E-state index in [4.69, 9.17) is 22.6 Å². The molecular weight excluding hydrogens is 250 g/mol. The van der Waals surface area contributed by atoms with Crippen molar-refractivity contribution >= 4 is 21.6 Å². The monoisotopic (exact) mass is 259 g/mol. The molecule has 16 heavy (non-hydrogen) atoms. The molecular formula is C9H10ClN3O2S. The van der Waals surface area contributed by atoms with E-state index in [1.807, 2.05) is 6.07 Å². The molecule has 7 heteroatoms. The van der Waals surface area contributed by atoms with Crippen molar-refractivity contribution in [2.24, 2.45) is 5.73 Å². The molecule has 0 aromatic heterocycles. The summed E-state index contributed by atoms with van der Waals surface area (Å²) < 4.78 is 25.7. The van der Waals surface area contributed by atoms with Gasteiger partial charge < -0.3 is 5.73 Å². The predicted octanol–water partition coefficient (Wildman–Crippen LogP) is 0.449. The lowest BCUT2D eigenvalue weighted by Crippen LogP contribution is -2.29. The summed E-state index contributed by atoms with van der Waals surface area (Å²) in [5.41, 5.74) is 5.43. The molecule has 0 aliphatic rings. The Morgan fingerprint density at radius 2 is 2.19 bits per heavy atom. The summed E-state index contributed by atoms with van der Waals surface area (Å²) in [6, 6.07) is 5.89. The van der Waals surface area contributed by atoms with Crippen molar-refractivity contribution in [3.8, 4) is 6.07 Å². The molecule has 0 radical (unpaired) electrons. The Kier molecular flexibility index (Phi) is 4.26. The first kappa shape index (κ1) is 12.9. The van der Waals surface area contributed by atoms with Gasteiger partial charge in [-0.1, -0.05) is 11.6 Å². The first-order chi connectivity index (χ1) is 7.51. The normalized spacial score (nSPS) is 11.1. The predicted molar refractivity (Wildman–Crippen MR) is 60.4 cm³/mol. The van der Waals surface area contributed by atoms with E-state index in [0.717, 1.165) is 0 Å². The zero-order valence-corrected chi connectivity index (χ0v) is 9.85. The first-order valence-electron chi connectivity index (χ1n) is 4.40. The van der Waals surface area contributed by atoms with Gasteiger partial charge in [0, 0.05) is 13.1 Å². The van der Waals surface area contributed by atoms with E-state index >= 15 is 0 Å². The second-order valence-corrected chi connectivity index (χ2v) is 5.09. The second-order valence-electron chi connectivity index (χ2n) is 2.94. The third kappa shape index (κ3) is 2.93. The zero-order chi connectivity index (χ0) is 12.2. The maximum absolute atomic E-state index is 11.7. The summed E-state index contributed by atoms with van der Waals surface area (Å²) in [7, 11) is -3.70. The molecule has 0 aliphatic carbocycles.